The minimum atomic E-state index is -4.62. The second kappa shape index (κ2) is 3.01. The summed E-state index contributed by atoms with van der Waals surface area (Å²) in [4.78, 5) is 2.71. The molecule has 0 aliphatic heterocycles. The van der Waals surface area contributed by atoms with E-state index in [2.05, 4.69) is 20.9 Å². The van der Waals surface area contributed by atoms with Crippen LogP contribution in [0, 0.1) is 5.95 Å². The Balaban J connectivity index is 3.23. The highest BCUT2D eigenvalue weighted by molar-refractivity contribution is 9.10. The highest BCUT2D eigenvalue weighted by Crippen LogP contribution is 2.32. The van der Waals surface area contributed by atoms with Crippen LogP contribution in [0.1, 0.15) is 5.69 Å². The molecule has 1 rings (SSSR count). The molecule has 1 aromatic heterocycles. The van der Waals surface area contributed by atoms with Crippen LogP contribution in [-0.4, -0.2) is 4.98 Å². The third kappa shape index (κ3) is 1.94. The lowest BCUT2D eigenvalue weighted by Crippen LogP contribution is -2.09. The van der Waals surface area contributed by atoms with Crippen LogP contribution in [0.15, 0.2) is 16.6 Å². The summed E-state index contributed by atoms with van der Waals surface area (Å²) in [5, 5.41) is 0. The van der Waals surface area contributed by atoms with E-state index >= 15 is 0 Å². The van der Waals surface area contributed by atoms with Crippen LogP contribution in [0.25, 0.3) is 0 Å². The third-order valence-corrected chi connectivity index (χ3v) is 1.72. The van der Waals surface area contributed by atoms with E-state index in [1.54, 1.807) is 0 Å². The van der Waals surface area contributed by atoms with Gasteiger partial charge in [0.1, 0.15) is 0 Å². The van der Waals surface area contributed by atoms with E-state index in [4.69, 9.17) is 0 Å². The molecule has 6 heteroatoms. The van der Waals surface area contributed by atoms with Gasteiger partial charge in [0.15, 0.2) is 5.69 Å². The van der Waals surface area contributed by atoms with Crippen LogP contribution in [0.3, 0.4) is 0 Å². The van der Waals surface area contributed by atoms with Gasteiger partial charge in [-0.25, -0.2) is 4.98 Å². The van der Waals surface area contributed by atoms with Gasteiger partial charge in [-0.15, -0.1) is 0 Å². The summed E-state index contributed by atoms with van der Waals surface area (Å²) in [5.74, 6) is -1.15. The van der Waals surface area contributed by atoms with E-state index in [-0.39, 0.29) is 4.47 Å². The summed E-state index contributed by atoms with van der Waals surface area (Å²) in [6.45, 7) is 0. The van der Waals surface area contributed by atoms with Gasteiger partial charge < -0.3 is 0 Å². The van der Waals surface area contributed by atoms with Crippen LogP contribution < -0.4 is 0 Å². The Bertz CT molecular complexity index is 296. The van der Waals surface area contributed by atoms with Crippen molar-refractivity contribution in [2.24, 2.45) is 0 Å². The Morgan fingerprint density at radius 1 is 1.25 bits per heavy atom. The second-order valence-corrected chi connectivity index (χ2v) is 2.82. The number of nitrogens with zero attached hydrogens (tertiary/aromatic N) is 1. The minimum Gasteiger partial charge on any atom is -0.214 e. The number of aromatic nitrogens is 1. The number of hydrogen-bond donors (Lipinski definition) is 0. The molecule has 0 bridgehead atoms. The summed E-state index contributed by atoms with van der Waals surface area (Å²) in [5.41, 5.74) is -1.25. The number of halogens is 5. The maximum absolute atomic E-state index is 12.2. The van der Waals surface area contributed by atoms with Crippen molar-refractivity contribution in [2.75, 3.05) is 0 Å². The molecule has 0 spiro atoms. The molecule has 0 N–H and O–H groups in total. The average Bonchev–Trinajstić information content (AvgIpc) is 1.92. The number of alkyl halides is 3. The summed E-state index contributed by atoms with van der Waals surface area (Å²) < 4.78 is 47.9. The smallest absolute Gasteiger partial charge is 0.214 e. The maximum Gasteiger partial charge on any atom is 0.434 e. The largest absolute Gasteiger partial charge is 0.434 e. The first kappa shape index (κ1) is 9.44. The lowest BCUT2D eigenvalue weighted by atomic mass is 10.3. The number of pyridine rings is 1. The van der Waals surface area contributed by atoms with Gasteiger partial charge in [-0.1, -0.05) is 0 Å². The molecule has 0 unspecified atom stereocenters. The monoisotopic (exact) mass is 243 g/mol. The van der Waals surface area contributed by atoms with Crippen molar-refractivity contribution in [1.82, 2.24) is 4.98 Å². The van der Waals surface area contributed by atoms with E-state index in [9.17, 15) is 17.6 Å². The highest BCUT2D eigenvalue weighted by atomic mass is 79.9. The molecule has 0 aliphatic rings. The van der Waals surface area contributed by atoms with Gasteiger partial charge in [-0.3, -0.25) is 0 Å². The van der Waals surface area contributed by atoms with Crippen LogP contribution in [-0.2, 0) is 6.18 Å². The first-order valence-electron chi connectivity index (χ1n) is 2.80. The summed E-state index contributed by atoms with van der Waals surface area (Å²) >= 11 is 2.62. The van der Waals surface area contributed by atoms with E-state index in [0.717, 1.165) is 12.1 Å². The van der Waals surface area contributed by atoms with Gasteiger partial charge in [0.05, 0.1) is 0 Å². The van der Waals surface area contributed by atoms with Gasteiger partial charge in [-0.05, 0) is 28.1 Å². The Morgan fingerprint density at radius 3 is 2.25 bits per heavy atom. The molecule has 12 heavy (non-hydrogen) atoms. The average molecular weight is 244 g/mol. The molecule has 0 aromatic carbocycles. The predicted octanol–water partition coefficient (Wildman–Crippen LogP) is 3.00. The van der Waals surface area contributed by atoms with E-state index in [0.29, 0.717) is 0 Å². The lowest BCUT2D eigenvalue weighted by molar-refractivity contribution is -0.142. The zero-order valence-corrected chi connectivity index (χ0v) is 7.08. The summed E-state index contributed by atoms with van der Waals surface area (Å²) in [6.07, 6.45) is -4.62. The van der Waals surface area contributed by atoms with Crippen molar-refractivity contribution in [3.8, 4) is 0 Å². The highest BCUT2D eigenvalue weighted by Gasteiger charge is 2.35. The molecule has 0 fully saturated rings. The molecular weight excluding hydrogens is 242 g/mol. The van der Waals surface area contributed by atoms with Crippen LogP contribution in [0.2, 0.25) is 0 Å². The summed E-state index contributed by atoms with van der Waals surface area (Å²) in [6, 6.07) is 1.81. The normalized spacial score (nSPS) is 11.8. The topological polar surface area (TPSA) is 12.9 Å². The molecule has 0 atom stereocenters. The van der Waals surface area contributed by atoms with Crippen molar-refractivity contribution in [3.63, 3.8) is 0 Å². The molecule has 1 heterocycles. The van der Waals surface area contributed by atoms with E-state index in [1.807, 2.05) is 0 Å². The van der Waals surface area contributed by atoms with Gasteiger partial charge in [0.2, 0.25) is 5.95 Å². The second-order valence-electron chi connectivity index (χ2n) is 1.96. The Morgan fingerprint density at radius 2 is 1.83 bits per heavy atom. The lowest BCUT2D eigenvalue weighted by Gasteiger charge is -2.06. The van der Waals surface area contributed by atoms with Crippen LogP contribution in [0.4, 0.5) is 17.6 Å². The van der Waals surface area contributed by atoms with E-state index < -0.39 is 17.8 Å². The van der Waals surface area contributed by atoms with Gasteiger partial charge in [0, 0.05) is 4.47 Å². The van der Waals surface area contributed by atoms with E-state index in [1.165, 1.54) is 0 Å². The summed E-state index contributed by atoms with van der Waals surface area (Å²) in [7, 11) is 0. The molecule has 0 saturated heterocycles. The minimum absolute atomic E-state index is 0.267. The molecule has 0 aliphatic carbocycles. The fraction of sp³-hybridized carbons (Fsp3) is 0.167. The Labute approximate surface area is 73.5 Å². The molecule has 0 radical (unpaired) electrons. The molecule has 0 amide bonds. The predicted molar refractivity (Wildman–Crippen MR) is 36.9 cm³/mol. The fourth-order valence-electron chi connectivity index (χ4n) is 0.617. The first-order valence-corrected chi connectivity index (χ1v) is 3.60. The van der Waals surface area contributed by atoms with Crippen molar-refractivity contribution < 1.29 is 17.6 Å². The Kier molecular flexibility index (Phi) is 2.36. The maximum atomic E-state index is 12.2. The fourth-order valence-corrected chi connectivity index (χ4v) is 1.06. The molecule has 1 aromatic rings. The quantitative estimate of drug-likeness (QED) is 0.505. The van der Waals surface area contributed by atoms with Crippen molar-refractivity contribution in [3.05, 3.63) is 28.2 Å². The SMILES string of the molecule is Fc1ccc(Br)c(C(F)(F)F)n1. The van der Waals surface area contributed by atoms with Gasteiger partial charge >= 0.3 is 6.18 Å². The number of rotatable bonds is 0. The van der Waals surface area contributed by atoms with Crippen LogP contribution in [0.5, 0.6) is 0 Å². The zero-order chi connectivity index (χ0) is 9.35. The third-order valence-electron chi connectivity index (χ3n) is 1.08. The Hall–Kier alpha value is -0.650. The zero-order valence-electron chi connectivity index (χ0n) is 5.49. The number of hydrogen-bond acceptors (Lipinski definition) is 1. The molecule has 0 saturated carbocycles. The molecule has 66 valence electrons. The van der Waals surface area contributed by atoms with Crippen LogP contribution >= 0.6 is 15.9 Å². The first-order chi connectivity index (χ1) is 5.41. The molecular formula is C6H2BrF4N. The van der Waals surface area contributed by atoms with Gasteiger partial charge in [0.25, 0.3) is 0 Å². The van der Waals surface area contributed by atoms with Crippen molar-refractivity contribution in [2.45, 2.75) is 6.18 Å². The van der Waals surface area contributed by atoms with Crippen molar-refractivity contribution in [1.29, 1.82) is 0 Å². The van der Waals surface area contributed by atoms with Gasteiger partial charge in [-0.2, -0.15) is 17.6 Å². The standard InChI is InChI=1S/C6H2BrF4N/c7-3-1-2-4(8)12-5(3)6(9,10)11/h1-2H. The van der Waals surface area contributed by atoms with Crippen molar-refractivity contribution >= 4 is 15.9 Å². The molecule has 1 nitrogen and oxygen atoms in total.